The molecule has 2 rings (SSSR count). The molecule has 0 amide bonds. The topological polar surface area (TPSA) is 64.5 Å². The van der Waals surface area contributed by atoms with Gasteiger partial charge in [-0.15, -0.1) is 0 Å². The summed E-state index contributed by atoms with van der Waals surface area (Å²) in [5, 5.41) is 3.69. The van der Waals surface area contributed by atoms with Crippen molar-refractivity contribution in [3.63, 3.8) is 0 Å². The number of nitrogens with zero attached hydrogens (tertiary/aromatic N) is 2. The lowest BCUT2D eigenvalue weighted by molar-refractivity contribution is 0.413. The van der Waals surface area contributed by atoms with Crippen LogP contribution in [0.3, 0.4) is 0 Å². The zero-order valence-corrected chi connectivity index (χ0v) is 10.1. The van der Waals surface area contributed by atoms with Crippen LogP contribution in [-0.4, -0.2) is 26.4 Å². The number of nitrogens with two attached hydrogens (primary N) is 1. The molecule has 0 fully saturated rings. The fourth-order valence-corrected chi connectivity index (χ4v) is 1.65. The van der Waals surface area contributed by atoms with Crippen LogP contribution in [0.2, 0.25) is 0 Å². The normalized spacial score (nSPS) is 10.3. The molecule has 0 aliphatic carbocycles. The minimum Gasteiger partial charge on any atom is -0.497 e. The molecule has 90 valence electrons. The highest BCUT2D eigenvalue weighted by molar-refractivity contribution is 5.77. The lowest BCUT2D eigenvalue weighted by Crippen LogP contribution is -2.09. The average molecular weight is 233 g/mol. The van der Waals surface area contributed by atoms with Gasteiger partial charge in [0, 0.05) is 31.4 Å². The fourth-order valence-electron chi connectivity index (χ4n) is 1.65. The van der Waals surface area contributed by atoms with E-state index in [-0.39, 0.29) is 0 Å². The highest BCUT2D eigenvalue weighted by Crippen LogP contribution is 2.33. The van der Waals surface area contributed by atoms with Crippen LogP contribution in [0.1, 0.15) is 0 Å². The second-order valence-electron chi connectivity index (χ2n) is 3.89. The first-order valence-corrected chi connectivity index (χ1v) is 5.19. The molecule has 0 aliphatic rings. The van der Waals surface area contributed by atoms with Crippen molar-refractivity contribution in [3.05, 3.63) is 24.3 Å². The minimum atomic E-state index is 0.368. The number of ether oxygens (including phenoxy) is 1. The fraction of sp³-hybridized carbons (Fsp3) is 0.250. The molecule has 2 aromatic rings. The summed E-state index contributed by atoms with van der Waals surface area (Å²) in [7, 11) is 5.55. The lowest BCUT2D eigenvalue weighted by Gasteiger charge is -2.16. The SMILES string of the molecule is COc1ccc(N(C)C)c(-c2cc(N)no2)c1. The first kappa shape index (κ1) is 11.3. The molecule has 5 heteroatoms. The highest BCUT2D eigenvalue weighted by atomic mass is 16.5. The van der Waals surface area contributed by atoms with Crippen LogP contribution in [0, 0.1) is 0 Å². The molecule has 0 radical (unpaired) electrons. The minimum absolute atomic E-state index is 0.368. The Morgan fingerprint density at radius 3 is 2.59 bits per heavy atom. The van der Waals surface area contributed by atoms with E-state index in [1.54, 1.807) is 13.2 Å². The van der Waals surface area contributed by atoms with Gasteiger partial charge in [0.25, 0.3) is 0 Å². The van der Waals surface area contributed by atoms with Gasteiger partial charge in [-0.2, -0.15) is 0 Å². The summed E-state index contributed by atoms with van der Waals surface area (Å²) in [5.74, 6) is 1.76. The summed E-state index contributed by atoms with van der Waals surface area (Å²) >= 11 is 0. The Bertz CT molecular complexity index is 520. The smallest absolute Gasteiger partial charge is 0.171 e. The number of benzene rings is 1. The van der Waals surface area contributed by atoms with Gasteiger partial charge in [0.05, 0.1) is 7.11 Å². The van der Waals surface area contributed by atoms with E-state index in [9.17, 15) is 0 Å². The molecule has 1 heterocycles. The van der Waals surface area contributed by atoms with Gasteiger partial charge in [-0.1, -0.05) is 5.16 Å². The quantitative estimate of drug-likeness (QED) is 0.878. The van der Waals surface area contributed by atoms with Crippen LogP contribution < -0.4 is 15.4 Å². The molecule has 0 bridgehead atoms. The maximum absolute atomic E-state index is 5.56. The summed E-state index contributed by atoms with van der Waals surface area (Å²) in [6.07, 6.45) is 0. The number of aromatic nitrogens is 1. The van der Waals surface area contributed by atoms with E-state index < -0.39 is 0 Å². The van der Waals surface area contributed by atoms with Crippen molar-refractivity contribution in [1.82, 2.24) is 5.16 Å². The Morgan fingerprint density at radius 1 is 1.29 bits per heavy atom. The number of hydrogen-bond donors (Lipinski definition) is 1. The zero-order chi connectivity index (χ0) is 12.4. The average Bonchev–Trinajstić information content (AvgIpc) is 2.75. The molecule has 17 heavy (non-hydrogen) atoms. The van der Waals surface area contributed by atoms with Crippen molar-refractivity contribution in [2.45, 2.75) is 0 Å². The summed E-state index contributed by atoms with van der Waals surface area (Å²) in [6, 6.07) is 7.46. The molecular weight excluding hydrogens is 218 g/mol. The molecule has 0 atom stereocenters. The number of methoxy groups -OCH3 is 1. The molecule has 0 aliphatic heterocycles. The molecular formula is C12H15N3O2. The number of hydrogen-bond acceptors (Lipinski definition) is 5. The summed E-state index contributed by atoms with van der Waals surface area (Å²) in [4.78, 5) is 1.99. The third-order valence-electron chi connectivity index (χ3n) is 2.48. The predicted molar refractivity (Wildman–Crippen MR) is 67.2 cm³/mol. The third-order valence-corrected chi connectivity index (χ3v) is 2.48. The van der Waals surface area contributed by atoms with Crippen molar-refractivity contribution in [2.75, 3.05) is 31.8 Å². The Morgan fingerprint density at radius 2 is 2.06 bits per heavy atom. The first-order chi connectivity index (χ1) is 8.11. The molecule has 0 unspecified atom stereocenters. The first-order valence-electron chi connectivity index (χ1n) is 5.19. The molecule has 5 nitrogen and oxygen atoms in total. The largest absolute Gasteiger partial charge is 0.497 e. The number of anilines is 2. The van der Waals surface area contributed by atoms with Gasteiger partial charge in [0.15, 0.2) is 11.6 Å². The van der Waals surface area contributed by atoms with Crippen LogP contribution >= 0.6 is 0 Å². The van der Waals surface area contributed by atoms with Crippen molar-refractivity contribution < 1.29 is 9.26 Å². The van der Waals surface area contributed by atoms with E-state index in [1.165, 1.54) is 0 Å². The standard InChI is InChI=1S/C12H15N3O2/c1-15(2)10-5-4-8(16-3)6-9(10)11-7-12(13)14-17-11/h4-7H,1-3H3,(H2,13,14). The van der Waals surface area contributed by atoms with Gasteiger partial charge in [0.1, 0.15) is 5.75 Å². The van der Waals surface area contributed by atoms with Crippen molar-refractivity contribution in [1.29, 1.82) is 0 Å². The van der Waals surface area contributed by atoms with Gasteiger partial charge < -0.3 is 19.9 Å². The van der Waals surface area contributed by atoms with E-state index in [0.717, 1.165) is 17.0 Å². The Hall–Kier alpha value is -2.17. The van der Waals surface area contributed by atoms with Crippen molar-refractivity contribution in [3.8, 4) is 17.1 Å². The second-order valence-corrected chi connectivity index (χ2v) is 3.89. The van der Waals surface area contributed by atoms with Crippen molar-refractivity contribution in [2.24, 2.45) is 0 Å². The van der Waals surface area contributed by atoms with E-state index in [0.29, 0.717) is 11.6 Å². The van der Waals surface area contributed by atoms with Gasteiger partial charge in [-0.3, -0.25) is 0 Å². The molecule has 0 saturated heterocycles. The second kappa shape index (κ2) is 4.37. The molecule has 2 N–H and O–H groups in total. The molecule has 1 aromatic heterocycles. The van der Waals surface area contributed by atoms with Gasteiger partial charge in [0.2, 0.25) is 0 Å². The van der Waals surface area contributed by atoms with E-state index in [1.807, 2.05) is 37.2 Å². The van der Waals surface area contributed by atoms with Crippen LogP contribution in [0.5, 0.6) is 5.75 Å². The maximum Gasteiger partial charge on any atom is 0.171 e. The predicted octanol–water partition coefficient (Wildman–Crippen LogP) is 2.00. The Labute approximate surface area is 99.8 Å². The van der Waals surface area contributed by atoms with Crippen molar-refractivity contribution >= 4 is 11.5 Å². The number of rotatable bonds is 3. The molecule has 0 saturated carbocycles. The van der Waals surface area contributed by atoms with Crippen LogP contribution in [0.25, 0.3) is 11.3 Å². The maximum atomic E-state index is 5.56. The van der Waals surface area contributed by atoms with Crippen LogP contribution in [0.15, 0.2) is 28.8 Å². The van der Waals surface area contributed by atoms with Crippen LogP contribution in [0.4, 0.5) is 11.5 Å². The van der Waals surface area contributed by atoms with Gasteiger partial charge in [-0.25, -0.2) is 0 Å². The Balaban J connectivity index is 2.56. The summed E-state index contributed by atoms with van der Waals surface area (Å²) in [6.45, 7) is 0. The van der Waals surface area contributed by atoms with E-state index in [4.69, 9.17) is 15.0 Å². The zero-order valence-electron chi connectivity index (χ0n) is 10.1. The lowest BCUT2D eigenvalue weighted by atomic mass is 10.1. The van der Waals surface area contributed by atoms with Crippen LogP contribution in [-0.2, 0) is 0 Å². The van der Waals surface area contributed by atoms with Gasteiger partial charge >= 0.3 is 0 Å². The van der Waals surface area contributed by atoms with Gasteiger partial charge in [-0.05, 0) is 18.2 Å². The monoisotopic (exact) mass is 233 g/mol. The van der Waals surface area contributed by atoms with E-state index >= 15 is 0 Å². The highest BCUT2D eigenvalue weighted by Gasteiger charge is 2.13. The summed E-state index contributed by atoms with van der Waals surface area (Å²) in [5.41, 5.74) is 7.48. The number of nitrogen functional groups attached to an aromatic ring is 1. The molecule has 0 spiro atoms. The summed E-state index contributed by atoms with van der Waals surface area (Å²) < 4.78 is 10.4. The van der Waals surface area contributed by atoms with E-state index in [2.05, 4.69) is 5.16 Å². The molecule has 1 aromatic carbocycles. The Kier molecular flexibility index (Phi) is 2.91. The third kappa shape index (κ3) is 2.18.